The zero-order valence-electron chi connectivity index (χ0n) is 23.5. The van der Waals surface area contributed by atoms with E-state index in [2.05, 4.69) is 59.4 Å². The summed E-state index contributed by atoms with van der Waals surface area (Å²) in [6.07, 6.45) is 3.09. The average Bonchev–Trinajstić information content (AvgIpc) is 3.43. The van der Waals surface area contributed by atoms with E-state index in [9.17, 15) is 9.90 Å². The van der Waals surface area contributed by atoms with Gasteiger partial charge in [0.15, 0.2) is 5.13 Å². The van der Waals surface area contributed by atoms with Gasteiger partial charge >= 0.3 is 5.97 Å². The van der Waals surface area contributed by atoms with E-state index in [1.54, 1.807) is 11.3 Å². The van der Waals surface area contributed by atoms with Crippen molar-refractivity contribution in [3.63, 3.8) is 0 Å². The van der Waals surface area contributed by atoms with Gasteiger partial charge in [0.2, 0.25) is 0 Å². The lowest BCUT2D eigenvalue weighted by molar-refractivity contribution is -0.144. The summed E-state index contributed by atoms with van der Waals surface area (Å²) in [6.45, 7) is 11.0. The van der Waals surface area contributed by atoms with Crippen molar-refractivity contribution in [2.45, 2.75) is 46.3 Å². The number of aromatic nitrogens is 1. The van der Waals surface area contributed by atoms with Crippen LogP contribution in [0.1, 0.15) is 41.5 Å². The first kappa shape index (κ1) is 27.2. The molecular formula is C32H39N3O4S. The van der Waals surface area contributed by atoms with E-state index in [0.29, 0.717) is 6.61 Å². The average molecular weight is 562 g/mol. The molecule has 2 aromatic carbocycles. The number of thiazole rings is 1. The number of nitrogens with zero attached hydrogens (tertiary/aromatic N) is 3. The lowest BCUT2D eigenvalue weighted by atomic mass is 9.85. The smallest absolute Gasteiger partial charge is 0.307 e. The largest absolute Gasteiger partial charge is 0.488 e. The standard InChI is InChI=1S/C32H39N3O4S/c1-21-4-9-29(39-19-26-6-5-23(15-22(26)2)16-34-10-3-12-38-13-11-34)27(14-21)28-20-40-32(33-28)35-17-24-7-8-25(18-35)30(24)31(36)37/h4-6,9,14-15,20,24-25,30H,3,7-8,10-13,16-19H2,1-2H3,(H,36,37)/t24-,25+,30?. The third kappa shape index (κ3) is 5.90. The van der Waals surface area contributed by atoms with Gasteiger partial charge in [-0.3, -0.25) is 9.69 Å². The van der Waals surface area contributed by atoms with Crippen molar-refractivity contribution >= 4 is 22.4 Å². The Kier molecular flexibility index (Phi) is 8.10. The van der Waals surface area contributed by atoms with Gasteiger partial charge < -0.3 is 19.5 Å². The maximum atomic E-state index is 11.8. The van der Waals surface area contributed by atoms with E-state index in [1.807, 2.05) is 6.07 Å². The summed E-state index contributed by atoms with van der Waals surface area (Å²) >= 11 is 1.64. The van der Waals surface area contributed by atoms with Crippen LogP contribution in [-0.2, 0) is 22.7 Å². The normalized spacial score (nSPS) is 23.2. The summed E-state index contributed by atoms with van der Waals surface area (Å²) in [6, 6.07) is 13.0. The molecule has 8 heteroatoms. The van der Waals surface area contributed by atoms with Crippen LogP contribution in [0.25, 0.3) is 11.3 Å². The highest BCUT2D eigenvalue weighted by molar-refractivity contribution is 7.14. The SMILES string of the molecule is Cc1ccc(OCc2ccc(CN3CCCOCC3)cc2C)c(-c2csc(N3C[C@H]4CC[C@@H](C3)C4C(=O)O)n2)c1. The predicted octanol–water partition coefficient (Wildman–Crippen LogP) is 5.78. The summed E-state index contributed by atoms with van der Waals surface area (Å²) in [7, 11) is 0. The van der Waals surface area contributed by atoms with E-state index in [1.165, 1.54) is 16.7 Å². The maximum absolute atomic E-state index is 11.8. The molecule has 7 nitrogen and oxygen atoms in total. The molecule has 1 saturated carbocycles. The molecule has 0 amide bonds. The number of hydrogen-bond acceptors (Lipinski definition) is 7. The van der Waals surface area contributed by atoms with E-state index in [0.717, 1.165) is 92.9 Å². The fourth-order valence-electron chi connectivity index (χ4n) is 6.67. The second-order valence-corrected chi connectivity index (χ2v) is 12.5. The molecular weight excluding hydrogens is 522 g/mol. The zero-order valence-corrected chi connectivity index (χ0v) is 24.3. The topological polar surface area (TPSA) is 75.1 Å². The Morgan fingerprint density at radius 1 is 1.10 bits per heavy atom. The number of benzene rings is 2. The molecule has 3 fully saturated rings. The summed E-state index contributed by atoms with van der Waals surface area (Å²) in [5.74, 6) is 0.434. The van der Waals surface area contributed by atoms with Crippen LogP contribution in [0.5, 0.6) is 5.75 Å². The van der Waals surface area contributed by atoms with Gasteiger partial charge in [0.25, 0.3) is 0 Å². The molecule has 40 heavy (non-hydrogen) atoms. The van der Waals surface area contributed by atoms with Crippen molar-refractivity contribution in [2.75, 3.05) is 44.3 Å². The number of carboxylic acid groups (broad SMARTS) is 1. The monoisotopic (exact) mass is 561 g/mol. The molecule has 0 radical (unpaired) electrons. The number of hydrogen-bond donors (Lipinski definition) is 1. The highest BCUT2D eigenvalue weighted by Gasteiger charge is 2.46. The quantitative estimate of drug-likeness (QED) is 0.374. The highest BCUT2D eigenvalue weighted by Crippen LogP contribution is 2.44. The number of carbonyl (C=O) groups is 1. The first-order chi connectivity index (χ1) is 19.4. The summed E-state index contributed by atoms with van der Waals surface area (Å²) in [5, 5.41) is 12.8. The van der Waals surface area contributed by atoms with Gasteiger partial charge in [-0.1, -0.05) is 29.8 Å². The number of aryl methyl sites for hydroxylation is 2. The van der Waals surface area contributed by atoms with Crippen molar-refractivity contribution in [1.29, 1.82) is 0 Å². The molecule has 2 aliphatic heterocycles. The molecule has 1 unspecified atom stereocenters. The van der Waals surface area contributed by atoms with Crippen molar-refractivity contribution in [1.82, 2.24) is 9.88 Å². The highest BCUT2D eigenvalue weighted by atomic mass is 32.1. The van der Waals surface area contributed by atoms with Crippen molar-refractivity contribution in [3.05, 3.63) is 64.0 Å². The second-order valence-electron chi connectivity index (χ2n) is 11.7. The molecule has 6 rings (SSSR count). The maximum Gasteiger partial charge on any atom is 0.307 e. The van der Waals surface area contributed by atoms with Crippen LogP contribution in [0.15, 0.2) is 41.8 Å². The Morgan fingerprint density at radius 2 is 1.93 bits per heavy atom. The van der Waals surface area contributed by atoms with Crippen LogP contribution in [0.4, 0.5) is 5.13 Å². The first-order valence-electron chi connectivity index (χ1n) is 14.5. The summed E-state index contributed by atoms with van der Waals surface area (Å²) in [5.41, 5.74) is 6.84. The Hall–Kier alpha value is -2.94. The van der Waals surface area contributed by atoms with Gasteiger partial charge in [-0.2, -0.15) is 0 Å². The van der Waals surface area contributed by atoms with E-state index >= 15 is 0 Å². The van der Waals surface area contributed by atoms with E-state index in [-0.39, 0.29) is 17.8 Å². The lowest BCUT2D eigenvalue weighted by Crippen LogP contribution is -2.44. The van der Waals surface area contributed by atoms with Crippen molar-refractivity contribution < 1.29 is 19.4 Å². The molecule has 212 valence electrons. The number of aliphatic carboxylic acids is 1. The van der Waals surface area contributed by atoms with Gasteiger partial charge in [0.05, 0.1) is 18.2 Å². The molecule has 0 spiro atoms. The van der Waals surface area contributed by atoms with Gasteiger partial charge in [0, 0.05) is 50.3 Å². The molecule has 3 atom stereocenters. The predicted molar refractivity (Wildman–Crippen MR) is 158 cm³/mol. The fourth-order valence-corrected chi connectivity index (χ4v) is 7.52. The van der Waals surface area contributed by atoms with Crippen molar-refractivity contribution in [2.24, 2.45) is 17.8 Å². The number of rotatable bonds is 8. The minimum Gasteiger partial charge on any atom is -0.488 e. The van der Waals surface area contributed by atoms with Crippen molar-refractivity contribution in [3.8, 4) is 17.0 Å². The van der Waals surface area contributed by atoms with Crippen LogP contribution < -0.4 is 9.64 Å². The van der Waals surface area contributed by atoms with Crippen LogP contribution >= 0.6 is 11.3 Å². The van der Waals surface area contributed by atoms with Crippen LogP contribution in [0, 0.1) is 31.6 Å². The number of fused-ring (bicyclic) bond motifs is 2. The third-order valence-electron chi connectivity index (χ3n) is 8.80. The minimum atomic E-state index is -0.633. The number of ether oxygens (including phenoxy) is 2. The van der Waals surface area contributed by atoms with E-state index < -0.39 is 5.97 Å². The minimum absolute atomic E-state index is 0.200. The Bertz CT molecular complexity index is 1340. The lowest BCUT2D eigenvalue weighted by Gasteiger charge is -2.35. The first-order valence-corrected chi connectivity index (χ1v) is 15.4. The Balaban J connectivity index is 1.14. The van der Waals surface area contributed by atoms with E-state index in [4.69, 9.17) is 14.5 Å². The Morgan fingerprint density at radius 3 is 2.70 bits per heavy atom. The summed E-state index contributed by atoms with van der Waals surface area (Å²) < 4.78 is 12.0. The molecule has 1 N–H and O–H groups in total. The second kappa shape index (κ2) is 11.9. The molecule has 2 saturated heterocycles. The van der Waals surface area contributed by atoms with Gasteiger partial charge in [0.1, 0.15) is 12.4 Å². The number of piperidine rings is 1. The summed E-state index contributed by atoms with van der Waals surface area (Å²) in [4.78, 5) is 21.6. The molecule has 1 aliphatic carbocycles. The molecule has 3 aliphatic rings. The molecule has 1 aromatic heterocycles. The van der Waals surface area contributed by atoms with Crippen LogP contribution in [-0.4, -0.2) is 60.4 Å². The van der Waals surface area contributed by atoms with Gasteiger partial charge in [-0.25, -0.2) is 4.98 Å². The van der Waals surface area contributed by atoms with Gasteiger partial charge in [-0.15, -0.1) is 11.3 Å². The van der Waals surface area contributed by atoms with Crippen LogP contribution in [0.2, 0.25) is 0 Å². The number of carboxylic acids is 1. The fraction of sp³-hybridized carbons (Fsp3) is 0.500. The zero-order chi connectivity index (χ0) is 27.6. The third-order valence-corrected chi connectivity index (χ3v) is 9.71. The number of anilines is 1. The molecule has 3 aromatic rings. The molecule has 2 bridgehead atoms. The van der Waals surface area contributed by atoms with Gasteiger partial charge in [-0.05, 0) is 73.8 Å². The van der Waals surface area contributed by atoms with Crippen LogP contribution in [0.3, 0.4) is 0 Å². The Labute approximate surface area is 240 Å². The molecule has 3 heterocycles.